The van der Waals surface area contributed by atoms with Crippen molar-refractivity contribution >= 4 is 23.9 Å². The van der Waals surface area contributed by atoms with E-state index in [1.54, 1.807) is 32.6 Å². The van der Waals surface area contributed by atoms with Gasteiger partial charge in [0.05, 0.1) is 13.0 Å². The standard InChI is InChI=1S/C33H55N3O6/c1-12-41-28(37)17-18-34-30(38)29(26-16-14-23(6)20-24(26)7)36(25(8)15-13-21(2)3)31(39)27(19-22(4)5)35-32(40)42-33(9,10)11/h14,16,20-22,25,27,29H,12-13,15,17-19H2,1-11H3,(H,34,38)(H,35,40). The van der Waals surface area contributed by atoms with E-state index in [1.165, 1.54) is 0 Å². The van der Waals surface area contributed by atoms with Crippen molar-refractivity contribution in [1.29, 1.82) is 0 Å². The first-order chi connectivity index (χ1) is 19.5. The Morgan fingerprint density at radius 2 is 1.60 bits per heavy atom. The second-order valence-electron chi connectivity index (χ2n) is 13.0. The van der Waals surface area contributed by atoms with Crippen LogP contribution in [-0.2, 0) is 23.9 Å². The van der Waals surface area contributed by atoms with Gasteiger partial charge in [-0.05, 0) is 90.7 Å². The number of aryl methyl sites for hydroxylation is 2. The quantitative estimate of drug-likeness (QED) is 0.242. The highest BCUT2D eigenvalue weighted by atomic mass is 16.6. The Hall–Kier alpha value is -3.10. The summed E-state index contributed by atoms with van der Waals surface area (Å²) in [7, 11) is 0. The fourth-order valence-electron chi connectivity index (χ4n) is 4.80. The maximum absolute atomic E-state index is 14.5. The van der Waals surface area contributed by atoms with Gasteiger partial charge in [0.15, 0.2) is 0 Å². The SMILES string of the molecule is CCOC(=O)CCNC(=O)C(c1ccc(C)cc1C)N(C(=O)C(CC(C)C)NC(=O)OC(C)(C)C)C(C)CCC(C)C. The minimum atomic E-state index is -0.974. The molecule has 1 rings (SSSR count). The van der Waals surface area contributed by atoms with E-state index in [9.17, 15) is 19.2 Å². The first-order valence-corrected chi connectivity index (χ1v) is 15.3. The summed E-state index contributed by atoms with van der Waals surface area (Å²) >= 11 is 0. The number of ether oxygens (including phenoxy) is 2. The Bertz CT molecular complexity index is 1050. The Morgan fingerprint density at radius 3 is 2.12 bits per heavy atom. The van der Waals surface area contributed by atoms with Gasteiger partial charge in [-0.15, -0.1) is 0 Å². The second-order valence-corrected chi connectivity index (χ2v) is 13.0. The molecular weight excluding hydrogens is 534 g/mol. The van der Waals surface area contributed by atoms with Gasteiger partial charge in [0, 0.05) is 12.6 Å². The zero-order valence-electron chi connectivity index (χ0n) is 27.8. The average Bonchev–Trinajstić information content (AvgIpc) is 2.84. The largest absolute Gasteiger partial charge is 0.466 e. The molecule has 0 heterocycles. The molecule has 0 bridgehead atoms. The van der Waals surface area contributed by atoms with Gasteiger partial charge in [-0.1, -0.05) is 51.5 Å². The van der Waals surface area contributed by atoms with Gasteiger partial charge in [-0.3, -0.25) is 14.4 Å². The van der Waals surface area contributed by atoms with E-state index < -0.39 is 35.7 Å². The summed E-state index contributed by atoms with van der Waals surface area (Å²) in [4.78, 5) is 55.0. The highest BCUT2D eigenvalue weighted by Crippen LogP contribution is 2.30. The van der Waals surface area contributed by atoms with Crippen molar-refractivity contribution in [3.63, 3.8) is 0 Å². The Kier molecular flexibility index (Phi) is 15.1. The molecule has 0 aromatic heterocycles. The smallest absolute Gasteiger partial charge is 0.408 e. The van der Waals surface area contributed by atoms with Crippen LogP contribution in [0.25, 0.3) is 0 Å². The lowest BCUT2D eigenvalue weighted by atomic mass is 9.92. The van der Waals surface area contributed by atoms with Crippen LogP contribution in [0.15, 0.2) is 18.2 Å². The van der Waals surface area contributed by atoms with Crippen molar-refractivity contribution in [2.24, 2.45) is 11.8 Å². The first-order valence-electron chi connectivity index (χ1n) is 15.3. The summed E-state index contributed by atoms with van der Waals surface area (Å²) in [6.07, 6.45) is 1.23. The lowest BCUT2D eigenvalue weighted by Gasteiger charge is -2.39. The summed E-state index contributed by atoms with van der Waals surface area (Å²) < 4.78 is 10.5. The van der Waals surface area contributed by atoms with Crippen LogP contribution in [0, 0.1) is 25.7 Å². The zero-order chi connectivity index (χ0) is 32.2. The van der Waals surface area contributed by atoms with Gasteiger partial charge >= 0.3 is 12.1 Å². The number of carbonyl (C=O) groups excluding carboxylic acids is 4. The predicted octanol–water partition coefficient (Wildman–Crippen LogP) is 6.01. The van der Waals surface area contributed by atoms with E-state index in [4.69, 9.17) is 9.47 Å². The molecule has 42 heavy (non-hydrogen) atoms. The summed E-state index contributed by atoms with van der Waals surface area (Å²) in [5, 5.41) is 5.67. The number of rotatable bonds is 15. The van der Waals surface area contributed by atoms with Gasteiger partial charge < -0.3 is 25.0 Å². The number of esters is 1. The summed E-state index contributed by atoms with van der Waals surface area (Å²) in [6.45, 7) is 21.4. The molecule has 9 heteroatoms. The van der Waals surface area contributed by atoms with Crippen molar-refractivity contribution in [3.05, 3.63) is 34.9 Å². The minimum absolute atomic E-state index is 0.0200. The molecule has 0 fully saturated rings. The van der Waals surface area contributed by atoms with Crippen LogP contribution in [0.3, 0.4) is 0 Å². The fourth-order valence-corrected chi connectivity index (χ4v) is 4.80. The van der Waals surface area contributed by atoms with Crippen LogP contribution in [0.1, 0.15) is 111 Å². The molecule has 3 amide bonds. The molecule has 0 aliphatic carbocycles. The Labute approximate surface area is 253 Å². The molecule has 9 nitrogen and oxygen atoms in total. The van der Waals surface area contributed by atoms with E-state index in [-0.39, 0.29) is 37.4 Å². The monoisotopic (exact) mass is 589 g/mol. The molecule has 1 aromatic rings. The maximum atomic E-state index is 14.5. The molecule has 0 aliphatic rings. The highest BCUT2D eigenvalue weighted by Gasteiger charge is 2.39. The van der Waals surface area contributed by atoms with Crippen molar-refractivity contribution in [3.8, 4) is 0 Å². The lowest BCUT2D eigenvalue weighted by Crippen LogP contribution is -2.56. The van der Waals surface area contributed by atoms with Gasteiger partial charge in [-0.25, -0.2) is 4.79 Å². The third kappa shape index (κ3) is 12.8. The lowest BCUT2D eigenvalue weighted by molar-refractivity contribution is -0.146. The number of hydrogen-bond donors (Lipinski definition) is 2. The average molecular weight is 590 g/mol. The number of benzene rings is 1. The maximum Gasteiger partial charge on any atom is 0.408 e. The van der Waals surface area contributed by atoms with Crippen LogP contribution >= 0.6 is 0 Å². The molecule has 3 unspecified atom stereocenters. The molecule has 2 N–H and O–H groups in total. The third-order valence-electron chi connectivity index (χ3n) is 6.77. The van der Waals surface area contributed by atoms with Crippen LogP contribution in [0.2, 0.25) is 0 Å². The van der Waals surface area contributed by atoms with Gasteiger partial charge in [-0.2, -0.15) is 0 Å². The Morgan fingerprint density at radius 1 is 0.952 bits per heavy atom. The second kappa shape index (κ2) is 17.1. The van der Waals surface area contributed by atoms with Crippen molar-refractivity contribution < 1.29 is 28.7 Å². The van der Waals surface area contributed by atoms with Crippen LogP contribution in [0.4, 0.5) is 4.79 Å². The molecule has 0 spiro atoms. The summed E-state index contributed by atoms with van der Waals surface area (Å²) in [6, 6.07) is 3.60. The predicted molar refractivity (Wildman–Crippen MR) is 166 cm³/mol. The normalized spacial score (nSPS) is 13.7. The number of amides is 3. The molecule has 238 valence electrons. The molecule has 1 aromatic carbocycles. The zero-order valence-corrected chi connectivity index (χ0v) is 27.8. The van der Waals surface area contributed by atoms with Crippen molar-refractivity contribution in [2.45, 2.75) is 126 Å². The van der Waals surface area contributed by atoms with Gasteiger partial charge in [0.25, 0.3) is 0 Å². The third-order valence-corrected chi connectivity index (χ3v) is 6.77. The van der Waals surface area contributed by atoms with Crippen molar-refractivity contribution in [2.75, 3.05) is 13.2 Å². The van der Waals surface area contributed by atoms with E-state index >= 15 is 0 Å². The molecule has 0 saturated carbocycles. The number of hydrogen-bond acceptors (Lipinski definition) is 6. The Balaban J connectivity index is 3.64. The molecule has 0 saturated heterocycles. The number of nitrogens with one attached hydrogen (secondary N) is 2. The molecule has 0 aliphatic heterocycles. The van der Waals surface area contributed by atoms with Crippen LogP contribution in [-0.4, -0.2) is 59.6 Å². The topological polar surface area (TPSA) is 114 Å². The summed E-state index contributed by atoms with van der Waals surface area (Å²) in [5.74, 6) is -0.668. The van der Waals surface area contributed by atoms with E-state index in [0.717, 1.165) is 17.5 Å². The van der Waals surface area contributed by atoms with Gasteiger partial charge in [0.1, 0.15) is 17.7 Å². The minimum Gasteiger partial charge on any atom is -0.466 e. The highest BCUT2D eigenvalue weighted by molar-refractivity contribution is 5.92. The first kappa shape index (κ1) is 36.9. The summed E-state index contributed by atoms with van der Waals surface area (Å²) in [5.41, 5.74) is 1.86. The van der Waals surface area contributed by atoms with Crippen LogP contribution in [0.5, 0.6) is 0 Å². The van der Waals surface area contributed by atoms with E-state index in [1.807, 2.05) is 52.8 Å². The number of carbonyl (C=O) groups is 4. The van der Waals surface area contributed by atoms with Gasteiger partial charge in [0.2, 0.25) is 11.8 Å². The van der Waals surface area contributed by atoms with Crippen LogP contribution < -0.4 is 10.6 Å². The molecular formula is C33H55N3O6. The number of alkyl carbamates (subject to hydrolysis) is 1. The number of nitrogens with zero attached hydrogens (tertiary/aromatic N) is 1. The van der Waals surface area contributed by atoms with E-state index in [0.29, 0.717) is 24.3 Å². The molecule has 3 atom stereocenters. The van der Waals surface area contributed by atoms with Crippen molar-refractivity contribution in [1.82, 2.24) is 15.5 Å². The molecule has 0 radical (unpaired) electrons. The fraction of sp³-hybridized carbons (Fsp3) is 0.697. The van der Waals surface area contributed by atoms with E-state index in [2.05, 4.69) is 24.5 Å².